The average molecular weight is 340 g/mol. The van der Waals surface area contributed by atoms with Crippen LogP contribution >= 0.6 is 15.9 Å². The molecule has 0 unspecified atom stereocenters. The van der Waals surface area contributed by atoms with E-state index in [-0.39, 0.29) is 11.1 Å². The van der Waals surface area contributed by atoms with Crippen LogP contribution in [0.4, 0.5) is 5.82 Å². The summed E-state index contributed by atoms with van der Waals surface area (Å²) in [4.78, 5) is 7.15. The Morgan fingerprint density at radius 1 is 1.40 bits per heavy atom. The Balaban J connectivity index is 2.28. The first-order valence-corrected chi connectivity index (χ1v) is 8.15. The largest absolute Gasteiger partial charge is 0.351 e. The number of pyridine rings is 1. The quantitative estimate of drug-likeness (QED) is 0.897. The molecular weight excluding hydrogens is 314 g/mol. The predicted molar refractivity (Wildman–Crippen MR) is 89.2 cm³/mol. The van der Waals surface area contributed by atoms with E-state index >= 15 is 0 Å². The first kappa shape index (κ1) is 15.8. The lowest BCUT2D eigenvalue weighted by Crippen LogP contribution is -2.40. The molecule has 112 valence electrons. The zero-order valence-corrected chi connectivity index (χ0v) is 14.8. The molecule has 0 aromatic carbocycles. The molecule has 0 amide bonds. The van der Waals surface area contributed by atoms with Crippen molar-refractivity contribution in [3.05, 3.63) is 22.3 Å². The van der Waals surface area contributed by atoms with Gasteiger partial charge in [-0.1, -0.05) is 0 Å². The van der Waals surface area contributed by atoms with Gasteiger partial charge in [0.05, 0.1) is 0 Å². The van der Waals surface area contributed by atoms with Crippen molar-refractivity contribution in [2.45, 2.75) is 65.1 Å². The summed E-state index contributed by atoms with van der Waals surface area (Å²) in [6, 6.07) is 2.19. The summed E-state index contributed by atoms with van der Waals surface area (Å²) in [5, 5.41) is 3.57. The van der Waals surface area contributed by atoms with Gasteiger partial charge in [0.2, 0.25) is 0 Å². The second-order valence-electron chi connectivity index (χ2n) is 7.31. The Labute approximate surface area is 131 Å². The molecule has 1 fully saturated rings. The maximum atomic E-state index is 4.70. The number of hydrogen-bond acceptors (Lipinski definition) is 3. The Bertz CT molecular complexity index is 477. The molecule has 0 saturated carbocycles. The van der Waals surface area contributed by atoms with Gasteiger partial charge >= 0.3 is 0 Å². The highest BCUT2D eigenvalue weighted by Crippen LogP contribution is 2.35. The maximum Gasteiger partial charge on any atom is 0.133 e. The summed E-state index contributed by atoms with van der Waals surface area (Å²) < 4.78 is 1.05. The third-order valence-corrected chi connectivity index (χ3v) is 4.31. The number of halogens is 1. The van der Waals surface area contributed by atoms with Gasteiger partial charge in [0.1, 0.15) is 5.82 Å². The summed E-state index contributed by atoms with van der Waals surface area (Å²) in [5.41, 5.74) is 1.58. The van der Waals surface area contributed by atoms with Crippen LogP contribution in [0.25, 0.3) is 0 Å². The van der Waals surface area contributed by atoms with E-state index in [1.54, 1.807) is 0 Å². The number of hydrogen-bond donors (Lipinski definition) is 1. The van der Waals surface area contributed by atoms with Crippen molar-refractivity contribution < 1.29 is 0 Å². The predicted octanol–water partition coefficient (Wildman–Crippen LogP) is 4.11. The van der Waals surface area contributed by atoms with Gasteiger partial charge in [0.15, 0.2) is 0 Å². The third kappa shape index (κ3) is 3.73. The van der Waals surface area contributed by atoms with Gasteiger partial charge in [-0.2, -0.15) is 0 Å². The van der Waals surface area contributed by atoms with Crippen molar-refractivity contribution in [1.29, 1.82) is 0 Å². The zero-order chi connectivity index (χ0) is 15.0. The molecule has 0 radical (unpaired) electrons. The number of aromatic nitrogens is 1. The fraction of sp³-hybridized carbons (Fsp3) is 0.688. The van der Waals surface area contributed by atoms with Crippen LogP contribution in [0.2, 0.25) is 0 Å². The molecule has 0 bridgehead atoms. The topological polar surface area (TPSA) is 28.2 Å². The molecule has 20 heavy (non-hydrogen) atoms. The van der Waals surface area contributed by atoms with Crippen molar-refractivity contribution >= 4 is 21.7 Å². The van der Waals surface area contributed by atoms with Gasteiger partial charge in [-0.25, -0.2) is 4.98 Å². The molecule has 1 aromatic heterocycles. The smallest absolute Gasteiger partial charge is 0.133 e. The molecule has 4 heteroatoms. The Morgan fingerprint density at radius 3 is 2.65 bits per heavy atom. The van der Waals surface area contributed by atoms with E-state index in [2.05, 4.69) is 66.8 Å². The van der Waals surface area contributed by atoms with Gasteiger partial charge in [0.25, 0.3) is 0 Å². The molecule has 1 saturated heterocycles. The minimum absolute atomic E-state index is 0.111. The second-order valence-corrected chi connectivity index (χ2v) is 8.22. The summed E-state index contributed by atoms with van der Waals surface area (Å²) in [6.45, 7) is 13.1. The highest BCUT2D eigenvalue weighted by atomic mass is 79.9. The van der Waals surface area contributed by atoms with E-state index in [1.807, 2.05) is 6.20 Å². The van der Waals surface area contributed by atoms with Crippen molar-refractivity contribution in [2.75, 3.05) is 11.4 Å². The number of rotatable bonds is 3. The maximum absolute atomic E-state index is 4.70. The lowest BCUT2D eigenvalue weighted by molar-refractivity contribution is 0.423. The number of nitrogens with zero attached hydrogens (tertiary/aromatic N) is 2. The van der Waals surface area contributed by atoms with Gasteiger partial charge in [0, 0.05) is 40.4 Å². The van der Waals surface area contributed by atoms with Crippen molar-refractivity contribution in [3.8, 4) is 0 Å². The lowest BCUT2D eigenvalue weighted by Gasteiger charge is -2.34. The summed E-state index contributed by atoms with van der Waals surface area (Å²) >= 11 is 3.55. The Hall–Kier alpha value is -0.610. The Morgan fingerprint density at radius 2 is 2.10 bits per heavy atom. The van der Waals surface area contributed by atoms with Gasteiger partial charge in [-0.15, -0.1) is 0 Å². The SMILES string of the molecule is CC(C)(C)NCc1cc(Br)cnc1N1CCCC1(C)C. The Kier molecular flexibility index (Phi) is 4.45. The van der Waals surface area contributed by atoms with E-state index in [4.69, 9.17) is 4.98 Å². The number of anilines is 1. The fourth-order valence-electron chi connectivity index (χ4n) is 2.71. The first-order chi connectivity index (χ1) is 9.19. The van der Waals surface area contributed by atoms with Gasteiger partial charge in [-0.3, -0.25) is 0 Å². The molecule has 0 aliphatic carbocycles. The van der Waals surface area contributed by atoms with Crippen LogP contribution < -0.4 is 10.2 Å². The van der Waals surface area contributed by atoms with Crippen LogP contribution in [0.15, 0.2) is 16.7 Å². The van der Waals surface area contributed by atoms with Crippen molar-refractivity contribution in [3.63, 3.8) is 0 Å². The summed E-state index contributed by atoms with van der Waals surface area (Å²) in [7, 11) is 0. The van der Waals surface area contributed by atoms with Gasteiger partial charge in [-0.05, 0) is 69.5 Å². The van der Waals surface area contributed by atoms with Crippen molar-refractivity contribution in [1.82, 2.24) is 10.3 Å². The lowest BCUT2D eigenvalue weighted by atomic mass is 10.0. The van der Waals surface area contributed by atoms with E-state index in [0.717, 1.165) is 23.4 Å². The standard InChI is InChI=1S/C16H26BrN3/c1-15(2,3)19-10-12-9-13(17)11-18-14(12)20-8-6-7-16(20,4)5/h9,11,19H,6-8,10H2,1-5H3. The first-order valence-electron chi connectivity index (χ1n) is 7.36. The highest BCUT2D eigenvalue weighted by molar-refractivity contribution is 9.10. The van der Waals surface area contributed by atoms with Crippen LogP contribution in [-0.4, -0.2) is 22.6 Å². The van der Waals surface area contributed by atoms with Gasteiger partial charge < -0.3 is 10.2 Å². The van der Waals surface area contributed by atoms with Crippen LogP contribution in [0.5, 0.6) is 0 Å². The van der Waals surface area contributed by atoms with Crippen LogP contribution in [0.1, 0.15) is 53.0 Å². The summed E-state index contributed by atoms with van der Waals surface area (Å²) in [5.74, 6) is 1.13. The molecule has 0 spiro atoms. The molecule has 2 heterocycles. The highest BCUT2D eigenvalue weighted by Gasteiger charge is 2.34. The molecular formula is C16H26BrN3. The molecule has 1 aromatic rings. The molecule has 2 rings (SSSR count). The van der Waals surface area contributed by atoms with E-state index < -0.39 is 0 Å². The van der Waals surface area contributed by atoms with Crippen LogP contribution in [-0.2, 0) is 6.54 Å². The molecule has 1 aliphatic heterocycles. The monoisotopic (exact) mass is 339 g/mol. The van der Waals surface area contributed by atoms with Crippen LogP contribution in [0, 0.1) is 0 Å². The minimum atomic E-state index is 0.111. The van der Waals surface area contributed by atoms with E-state index in [9.17, 15) is 0 Å². The van der Waals surface area contributed by atoms with E-state index in [1.165, 1.54) is 18.4 Å². The van der Waals surface area contributed by atoms with E-state index in [0.29, 0.717) is 0 Å². The molecule has 3 nitrogen and oxygen atoms in total. The zero-order valence-electron chi connectivity index (χ0n) is 13.3. The van der Waals surface area contributed by atoms with Crippen molar-refractivity contribution in [2.24, 2.45) is 0 Å². The fourth-order valence-corrected chi connectivity index (χ4v) is 3.09. The minimum Gasteiger partial charge on any atom is -0.351 e. The molecule has 1 N–H and O–H groups in total. The molecule has 1 aliphatic rings. The van der Waals surface area contributed by atoms with Crippen LogP contribution in [0.3, 0.4) is 0 Å². The summed E-state index contributed by atoms with van der Waals surface area (Å²) in [6.07, 6.45) is 4.39. The average Bonchev–Trinajstić information content (AvgIpc) is 2.66. The second kappa shape index (κ2) is 5.64. The molecule has 0 atom stereocenters. The third-order valence-electron chi connectivity index (χ3n) is 3.88. The normalized spacial score (nSPS) is 18.6. The number of nitrogens with one attached hydrogen (secondary N) is 1.